The number of sulfone groups is 1. The van der Waals surface area contributed by atoms with Gasteiger partial charge in [0.1, 0.15) is 0 Å². The van der Waals surface area contributed by atoms with E-state index in [1.807, 2.05) is 22.4 Å². The van der Waals surface area contributed by atoms with Crippen LogP contribution in [-0.2, 0) is 22.0 Å². The van der Waals surface area contributed by atoms with Crippen molar-refractivity contribution in [2.24, 2.45) is 0 Å². The van der Waals surface area contributed by atoms with Crippen molar-refractivity contribution in [3.8, 4) is 10.7 Å². The van der Waals surface area contributed by atoms with Gasteiger partial charge in [-0.05, 0) is 42.1 Å². The highest BCUT2D eigenvalue weighted by Crippen LogP contribution is 2.21. The lowest BCUT2D eigenvalue weighted by molar-refractivity contribution is 0.0635. The fourth-order valence-corrected chi connectivity index (χ4v) is 5.17. The second-order valence-corrected chi connectivity index (χ2v) is 11.1. The molecule has 1 aliphatic heterocycles. The quantitative estimate of drug-likeness (QED) is 0.495. The summed E-state index contributed by atoms with van der Waals surface area (Å²) >= 11 is 1.59. The molecule has 32 heavy (non-hydrogen) atoms. The Kier molecular flexibility index (Phi) is 7.02. The number of amides is 1. The van der Waals surface area contributed by atoms with E-state index in [1.54, 1.807) is 35.6 Å². The average Bonchev–Trinajstić information content (AvgIpc) is 3.45. The number of hydrogen-bond acceptors (Lipinski definition) is 8. The van der Waals surface area contributed by atoms with Crippen LogP contribution in [-0.4, -0.2) is 73.2 Å². The molecule has 3 aromatic rings. The van der Waals surface area contributed by atoms with E-state index in [0.717, 1.165) is 37.4 Å². The van der Waals surface area contributed by atoms with Crippen LogP contribution in [0.2, 0.25) is 0 Å². The molecule has 0 radical (unpaired) electrons. The SMILES string of the molecule is CS(=O)(=O)Cc1ccc(C(=O)N2CCN(CCCc3nc(-c4cccs4)no3)CC2)cc1. The van der Waals surface area contributed by atoms with Crippen LogP contribution in [0.1, 0.15) is 28.2 Å². The maximum Gasteiger partial charge on any atom is 0.253 e. The topological polar surface area (TPSA) is 96.6 Å². The largest absolute Gasteiger partial charge is 0.339 e. The van der Waals surface area contributed by atoms with Crippen molar-refractivity contribution in [1.29, 1.82) is 0 Å². The first-order valence-corrected chi connectivity index (χ1v) is 13.5. The van der Waals surface area contributed by atoms with Crippen LogP contribution in [0.3, 0.4) is 0 Å². The lowest BCUT2D eigenvalue weighted by Gasteiger charge is -2.34. The van der Waals surface area contributed by atoms with Gasteiger partial charge in [-0.2, -0.15) is 4.98 Å². The highest BCUT2D eigenvalue weighted by atomic mass is 32.2. The first-order chi connectivity index (χ1) is 15.4. The minimum absolute atomic E-state index is 0.0116. The fraction of sp³-hybridized carbons (Fsp3) is 0.409. The van der Waals surface area contributed by atoms with E-state index in [-0.39, 0.29) is 11.7 Å². The molecule has 1 amide bonds. The third-order valence-corrected chi connectivity index (χ3v) is 7.09. The van der Waals surface area contributed by atoms with Gasteiger partial charge in [-0.1, -0.05) is 23.4 Å². The van der Waals surface area contributed by atoms with Crippen LogP contribution < -0.4 is 0 Å². The Labute approximate surface area is 191 Å². The summed E-state index contributed by atoms with van der Waals surface area (Å²) in [5.74, 6) is 1.27. The van der Waals surface area contributed by atoms with Crippen molar-refractivity contribution < 1.29 is 17.7 Å². The van der Waals surface area contributed by atoms with Gasteiger partial charge in [0.15, 0.2) is 9.84 Å². The molecule has 8 nitrogen and oxygen atoms in total. The third-order valence-electron chi connectivity index (χ3n) is 5.36. The lowest BCUT2D eigenvalue weighted by Crippen LogP contribution is -2.48. The Hall–Kier alpha value is -2.56. The predicted octanol–water partition coefficient (Wildman–Crippen LogP) is 2.73. The summed E-state index contributed by atoms with van der Waals surface area (Å²) < 4.78 is 28.2. The Morgan fingerprint density at radius 1 is 1.12 bits per heavy atom. The molecule has 0 saturated carbocycles. The van der Waals surface area contributed by atoms with Crippen LogP contribution in [0.25, 0.3) is 10.7 Å². The van der Waals surface area contributed by atoms with Crippen LogP contribution in [0.5, 0.6) is 0 Å². The van der Waals surface area contributed by atoms with Gasteiger partial charge >= 0.3 is 0 Å². The van der Waals surface area contributed by atoms with Gasteiger partial charge in [0, 0.05) is 44.4 Å². The summed E-state index contributed by atoms with van der Waals surface area (Å²) in [6, 6.07) is 10.8. The van der Waals surface area contributed by atoms with Gasteiger partial charge < -0.3 is 9.42 Å². The van der Waals surface area contributed by atoms with Gasteiger partial charge in [-0.25, -0.2) is 8.42 Å². The highest BCUT2D eigenvalue weighted by molar-refractivity contribution is 7.89. The molecule has 0 N–H and O–H groups in total. The number of thiophene rings is 1. The number of aromatic nitrogens is 2. The monoisotopic (exact) mass is 474 g/mol. The van der Waals surface area contributed by atoms with Crippen LogP contribution in [0.4, 0.5) is 0 Å². The van der Waals surface area contributed by atoms with Gasteiger partial charge in [0.25, 0.3) is 5.91 Å². The molecule has 0 aliphatic carbocycles. The van der Waals surface area contributed by atoms with Crippen molar-refractivity contribution in [2.75, 3.05) is 39.0 Å². The number of carbonyl (C=O) groups excluding carboxylic acids is 1. The molecule has 170 valence electrons. The summed E-state index contributed by atoms with van der Waals surface area (Å²) in [7, 11) is -3.09. The molecule has 2 aromatic heterocycles. The zero-order chi connectivity index (χ0) is 22.6. The molecule has 1 saturated heterocycles. The van der Waals surface area contributed by atoms with E-state index < -0.39 is 9.84 Å². The van der Waals surface area contributed by atoms with E-state index in [0.29, 0.717) is 35.9 Å². The second-order valence-electron chi connectivity index (χ2n) is 7.99. The number of piperazine rings is 1. The number of nitrogens with zero attached hydrogens (tertiary/aromatic N) is 4. The molecule has 0 unspecified atom stereocenters. The number of aryl methyl sites for hydroxylation is 1. The molecule has 0 spiro atoms. The van der Waals surface area contributed by atoms with Crippen LogP contribution in [0.15, 0.2) is 46.3 Å². The van der Waals surface area contributed by atoms with Crippen molar-refractivity contribution in [2.45, 2.75) is 18.6 Å². The standard InChI is InChI=1S/C22H26N4O4S2/c1-32(28,29)16-17-6-8-18(9-7-17)22(27)26-13-11-25(12-14-26)10-2-5-20-23-21(24-30-20)19-4-3-15-31-19/h3-4,6-9,15H,2,5,10-14,16H2,1H3. The number of hydrogen-bond donors (Lipinski definition) is 0. The zero-order valence-corrected chi connectivity index (χ0v) is 19.6. The van der Waals surface area contributed by atoms with E-state index in [4.69, 9.17) is 4.52 Å². The minimum atomic E-state index is -3.09. The summed E-state index contributed by atoms with van der Waals surface area (Å²) in [4.78, 5) is 22.4. The predicted molar refractivity (Wildman–Crippen MR) is 123 cm³/mol. The summed E-state index contributed by atoms with van der Waals surface area (Å²) in [5.41, 5.74) is 1.28. The fourth-order valence-electron chi connectivity index (χ4n) is 3.72. The van der Waals surface area contributed by atoms with E-state index in [1.165, 1.54) is 6.26 Å². The summed E-state index contributed by atoms with van der Waals surface area (Å²) in [6.45, 7) is 3.91. The van der Waals surface area contributed by atoms with Crippen LogP contribution in [0, 0.1) is 0 Å². The van der Waals surface area contributed by atoms with Crippen molar-refractivity contribution in [1.82, 2.24) is 19.9 Å². The second kappa shape index (κ2) is 9.93. The molecular formula is C22H26N4O4S2. The maximum atomic E-state index is 12.8. The molecule has 1 fully saturated rings. The zero-order valence-electron chi connectivity index (χ0n) is 17.9. The molecule has 0 bridgehead atoms. The number of carbonyl (C=O) groups is 1. The molecule has 4 rings (SSSR count). The Morgan fingerprint density at radius 2 is 1.88 bits per heavy atom. The number of benzene rings is 1. The highest BCUT2D eigenvalue weighted by Gasteiger charge is 2.22. The molecular weight excluding hydrogens is 448 g/mol. The first-order valence-electron chi connectivity index (χ1n) is 10.5. The molecule has 0 atom stereocenters. The molecule has 10 heteroatoms. The summed E-state index contributed by atoms with van der Waals surface area (Å²) in [6.07, 6.45) is 2.86. The average molecular weight is 475 g/mol. The Morgan fingerprint density at radius 3 is 2.53 bits per heavy atom. The van der Waals surface area contributed by atoms with Gasteiger partial charge in [0.2, 0.25) is 11.7 Å². The van der Waals surface area contributed by atoms with Gasteiger partial charge in [-0.3, -0.25) is 9.69 Å². The maximum absolute atomic E-state index is 12.8. The Bertz CT molecular complexity index is 1130. The van der Waals surface area contributed by atoms with E-state index in [2.05, 4.69) is 15.0 Å². The normalized spacial score (nSPS) is 15.2. The van der Waals surface area contributed by atoms with E-state index >= 15 is 0 Å². The third kappa shape index (κ3) is 6.02. The van der Waals surface area contributed by atoms with Crippen molar-refractivity contribution in [3.05, 3.63) is 58.8 Å². The Balaban J connectivity index is 1.20. The van der Waals surface area contributed by atoms with Crippen molar-refractivity contribution >= 4 is 27.1 Å². The van der Waals surface area contributed by atoms with E-state index in [9.17, 15) is 13.2 Å². The number of rotatable bonds is 8. The molecule has 3 heterocycles. The van der Waals surface area contributed by atoms with Gasteiger partial charge in [-0.15, -0.1) is 11.3 Å². The summed E-state index contributed by atoms with van der Waals surface area (Å²) in [5, 5.41) is 6.03. The van der Waals surface area contributed by atoms with Crippen LogP contribution >= 0.6 is 11.3 Å². The molecule has 1 aliphatic rings. The smallest absolute Gasteiger partial charge is 0.253 e. The molecule has 1 aromatic carbocycles. The van der Waals surface area contributed by atoms with Gasteiger partial charge in [0.05, 0.1) is 10.6 Å². The first kappa shape index (κ1) is 22.6. The lowest BCUT2D eigenvalue weighted by atomic mass is 10.1. The minimum Gasteiger partial charge on any atom is -0.339 e. The van der Waals surface area contributed by atoms with Crippen molar-refractivity contribution in [3.63, 3.8) is 0 Å².